The normalized spacial score (nSPS) is 10.7. The van der Waals surface area contributed by atoms with Crippen LogP contribution in [0.25, 0.3) is 10.2 Å². The van der Waals surface area contributed by atoms with Gasteiger partial charge in [0.05, 0.1) is 36.2 Å². The van der Waals surface area contributed by atoms with Gasteiger partial charge in [-0.15, -0.1) is 11.3 Å². The minimum atomic E-state index is -0.509. The molecule has 0 aliphatic rings. The largest absolute Gasteiger partial charge is 0.486 e. The molecule has 0 atom stereocenters. The van der Waals surface area contributed by atoms with E-state index >= 15 is 0 Å². The highest BCUT2D eigenvalue weighted by Crippen LogP contribution is 2.27. The molecule has 0 bridgehead atoms. The number of methoxy groups -OCH3 is 1. The second-order valence-electron chi connectivity index (χ2n) is 5.66. The number of benzene rings is 2. The molecule has 1 aromatic heterocycles. The summed E-state index contributed by atoms with van der Waals surface area (Å²) in [6, 6.07) is 13.4. The Hall–Kier alpha value is -2.64. The maximum absolute atomic E-state index is 11.9. The molecule has 0 radical (unpaired) electrons. The highest BCUT2D eigenvalue weighted by molar-refractivity contribution is 7.18. The summed E-state index contributed by atoms with van der Waals surface area (Å²) in [5.41, 5.74) is 2.50. The Balaban J connectivity index is 1.73. The van der Waals surface area contributed by atoms with Crippen molar-refractivity contribution < 1.29 is 19.4 Å². The summed E-state index contributed by atoms with van der Waals surface area (Å²) < 4.78 is 11.8. The van der Waals surface area contributed by atoms with Crippen molar-refractivity contribution in [1.82, 2.24) is 4.98 Å². The lowest BCUT2D eigenvalue weighted by Gasteiger charge is -2.22. The van der Waals surface area contributed by atoms with Gasteiger partial charge < -0.3 is 14.6 Å². The minimum Gasteiger partial charge on any atom is -0.486 e. The van der Waals surface area contributed by atoms with Crippen molar-refractivity contribution in [3.8, 4) is 5.75 Å². The van der Waals surface area contributed by atoms with Crippen LogP contribution in [-0.4, -0.2) is 36.4 Å². The standard InChI is InChI=1S/C19H20N2O4S/c1-13-11-14(7-8-16(13)21(9-10-22)19(23)24-2)25-12-18-20-15-5-3-4-6-17(15)26-18/h3-8,11,22H,9-10,12H2,1-2H3. The van der Waals surface area contributed by atoms with Crippen LogP contribution in [-0.2, 0) is 11.3 Å². The van der Waals surface area contributed by atoms with Crippen molar-refractivity contribution in [2.75, 3.05) is 25.2 Å². The maximum Gasteiger partial charge on any atom is 0.414 e. The van der Waals surface area contributed by atoms with E-state index in [4.69, 9.17) is 9.47 Å². The number of nitrogens with zero attached hydrogens (tertiary/aromatic N) is 2. The molecule has 0 unspecified atom stereocenters. The van der Waals surface area contributed by atoms with E-state index in [-0.39, 0.29) is 13.2 Å². The van der Waals surface area contributed by atoms with Crippen LogP contribution in [0.4, 0.5) is 10.5 Å². The van der Waals surface area contributed by atoms with Crippen LogP contribution in [0.3, 0.4) is 0 Å². The highest BCUT2D eigenvalue weighted by atomic mass is 32.1. The number of aryl methyl sites for hydroxylation is 1. The number of aliphatic hydroxyl groups is 1. The zero-order valence-corrected chi connectivity index (χ0v) is 15.5. The lowest BCUT2D eigenvalue weighted by molar-refractivity contribution is 0.176. The van der Waals surface area contributed by atoms with Crippen LogP contribution in [0.5, 0.6) is 5.75 Å². The molecule has 7 heteroatoms. The molecule has 0 aliphatic heterocycles. The minimum absolute atomic E-state index is 0.148. The zero-order chi connectivity index (χ0) is 18.5. The summed E-state index contributed by atoms with van der Waals surface area (Å²) in [4.78, 5) is 17.8. The summed E-state index contributed by atoms with van der Waals surface area (Å²) in [5.74, 6) is 0.694. The van der Waals surface area contributed by atoms with E-state index in [0.29, 0.717) is 18.0 Å². The first-order valence-corrected chi connectivity index (χ1v) is 8.98. The molecule has 1 amide bonds. The second kappa shape index (κ2) is 8.16. The summed E-state index contributed by atoms with van der Waals surface area (Å²) in [6.07, 6.45) is -0.509. The molecule has 0 aliphatic carbocycles. The van der Waals surface area contributed by atoms with Crippen molar-refractivity contribution in [3.05, 3.63) is 53.0 Å². The number of fused-ring (bicyclic) bond motifs is 1. The average molecular weight is 372 g/mol. The monoisotopic (exact) mass is 372 g/mol. The second-order valence-corrected chi connectivity index (χ2v) is 6.77. The van der Waals surface area contributed by atoms with Crippen molar-refractivity contribution >= 4 is 33.3 Å². The van der Waals surface area contributed by atoms with Crippen LogP contribution in [0.1, 0.15) is 10.6 Å². The van der Waals surface area contributed by atoms with E-state index in [1.807, 2.05) is 37.3 Å². The average Bonchev–Trinajstić information content (AvgIpc) is 3.07. The van der Waals surface area contributed by atoms with E-state index in [1.165, 1.54) is 12.0 Å². The van der Waals surface area contributed by atoms with Gasteiger partial charge in [-0.05, 0) is 42.8 Å². The molecule has 0 saturated carbocycles. The van der Waals surface area contributed by atoms with E-state index in [0.717, 1.165) is 20.8 Å². The fraction of sp³-hybridized carbons (Fsp3) is 0.263. The predicted molar refractivity (Wildman–Crippen MR) is 102 cm³/mol. The topological polar surface area (TPSA) is 71.9 Å². The highest BCUT2D eigenvalue weighted by Gasteiger charge is 2.18. The fourth-order valence-electron chi connectivity index (χ4n) is 2.67. The van der Waals surface area contributed by atoms with Crippen molar-refractivity contribution in [2.45, 2.75) is 13.5 Å². The Morgan fingerprint density at radius 1 is 1.27 bits per heavy atom. The first-order valence-electron chi connectivity index (χ1n) is 8.16. The Labute approximate surface area is 155 Å². The van der Waals surface area contributed by atoms with Crippen LogP contribution < -0.4 is 9.64 Å². The molecule has 136 valence electrons. The Bertz CT molecular complexity index is 876. The molecule has 1 N–H and O–H groups in total. The predicted octanol–water partition coefficient (Wildman–Crippen LogP) is 3.75. The quantitative estimate of drug-likeness (QED) is 0.713. The smallest absolute Gasteiger partial charge is 0.414 e. The number of carbonyl (C=O) groups is 1. The molecule has 0 fully saturated rings. The van der Waals surface area contributed by atoms with E-state index in [1.54, 1.807) is 23.5 Å². The van der Waals surface area contributed by atoms with Gasteiger partial charge in [-0.2, -0.15) is 0 Å². The first-order chi connectivity index (χ1) is 12.6. The fourth-order valence-corrected chi connectivity index (χ4v) is 3.55. The van der Waals surface area contributed by atoms with E-state index in [9.17, 15) is 9.90 Å². The third-order valence-corrected chi connectivity index (χ3v) is 4.89. The van der Waals surface area contributed by atoms with Crippen LogP contribution in [0.15, 0.2) is 42.5 Å². The van der Waals surface area contributed by atoms with E-state index < -0.39 is 6.09 Å². The number of aliphatic hydroxyl groups excluding tert-OH is 1. The van der Waals surface area contributed by atoms with Gasteiger partial charge >= 0.3 is 6.09 Å². The molecule has 1 heterocycles. The van der Waals surface area contributed by atoms with Gasteiger partial charge in [0.1, 0.15) is 17.4 Å². The molecular weight excluding hydrogens is 352 g/mol. The molecule has 0 spiro atoms. The maximum atomic E-state index is 11.9. The molecule has 3 aromatic rings. The van der Waals surface area contributed by atoms with Gasteiger partial charge in [-0.1, -0.05) is 12.1 Å². The van der Waals surface area contributed by atoms with Crippen molar-refractivity contribution in [3.63, 3.8) is 0 Å². The molecule has 26 heavy (non-hydrogen) atoms. The van der Waals surface area contributed by atoms with Crippen molar-refractivity contribution in [1.29, 1.82) is 0 Å². The number of anilines is 1. The van der Waals surface area contributed by atoms with Gasteiger partial charge in [-0.25, -0.2) is 9.78 Å². The molecule has 2 aromatic carbocycles. The Morgan fingerprint density at radius 2 is 2.08 bits per heavy atom. The number of thiazole rings is 1. The summed E-state index contributed by atoms with van der Waals surface area (Å²) in [7, 11) is 1.32. The van der Waals surface area contributed by atoms with E-state index in [2.05, 4.69) is 4.98 Å². The van der Waals surface area contributed by atoms with Gasteiger partial charge in [0.25, 0.3) is 0 Å². The Morgan fingerprint density at radius 3 is 2.77 bits per heavy atom. The number of hydrogen-bond acceptors (Lipinski definition) is 6. The summed E-state index contributed by atoms with van der Waals surface area (Å²) in [5, 5.41) is 10.1. The zero-order valence-electron chi connectivity index (χ0n) is 14.6. The summed E-state index contributed by atoms with van der Waals surface area (Å²) in [6.45, 7) is 2.28. The number of amides is 1. The number of ether oxygens (including phenoxy) is 2. The van der Waals surface area contributed by atoms with Crippen LogP contribution in [0.2, 0.25) is 0 Å². The molecule has 3 rings (SSSR count). The molecule has 6 nitrogen and oxygen atoms in total. The number of carbonyl (C=O) groups excluding carboxylic acids is 1. The van der Waals surface area contributed by atoms with Crippen LogP contribution in [0, 0.1) is 6.92 Å². The van der Waals surface area contributed by atoms with Gasteiger partial charge in [-0.3, -0.25) is 4.90 Å². The number of rotatable bonds is 6. The SMILES string of the molecule is COC(=O)N(CCO)c1ccc(OCc2nc3ccccc3s2)cc1C. The van der Waals surface area contributed by atoms with Gasteiger partial charge in [0.2, 0.25) is 0 Å². The molecule has 0 saturated heterocycles. The third-order valence-electron chi connectivity index (χ3n) is 3.88. The molecular formula is C19H20N2O4S. The number of aromatic nitrogens is 1. The van der Waals surface area contributed by atoms with Crippen LogP contribution >= 0.6 is 11.3 Å². The first kappa shape index (κ1) is 18.2. The number of para-hydroxylation sites is 1. The lowest BCUT2D eigenvalue weighted by atomic mass is 10.1. The van der Waals surface area contributed by atoms with Gasteiger partial charge in [0, 0.05) is 0 Å². The van der Waals surface area contributed by atoms with Gasteiger partial charge in [0.15, 0.2) is 0 Å². The number of hydrogen-bond donors (Lipinski definition) is 1. The Kier molecular flexibility index (Phi) is 5.70. The van der Waals surface area contributed by atoms with Crippen molar-refractivity contribution in [2.24, 2.45) is 0 Å². The summed E-state index contributed by atoms with van der Waals surface area (Å²) >= 11 is 1.61. The lowest BCUT2D eigenvalue weighted by Crippen LogP contribution is -2.33. The third kappa shape index (κ3) is 3.95.